The fourth-order valence-corrected chi connectivity index (χ4v) is 3.03. The van der Waals surface area contributed by atoms with Crippen molar-refractivity contribution < 1.29 is 13.6 Å². The van der Waals surface area contributed by atoms with Gasteiger partial charge in [0.15, 0.2) is 0 Å². The quantitative estimate of drug-likeness (QED) is 0.660. The maximum Gasteiger partial charge on any atom is 0.319 e. The van der Waals surface area contributed by atoms with Gasteiger partial charge in [0.1, 0.15) is 17.5 Å². The van der Waals surface area contributed by atoms with Gasteiger partial charge >= 0.3 is 6.03 Å². The van der Waals surface area contributed by atoms with Gasteiger partial charge < -0.3 is 20.9 Å². The van der Waals surface area contributed by atoms with Crippen LogP contribution in [-0.4, -0.2) is 42.2 Å². The molecular weight excluding hydrogens is 366 g/mol. The zero-order chi connectivity index (χ0) is 19.9. The Bertz CT molecular complexity index is 826. The number of hydrogen-bond acceptors (Lipinski definition) is 5. The predicted octanol–water partition coefficient (Wildman–Crippen LogP) is 3.29. The van der Waals surface area contributed by atoms with E-state index in [1.54, 1.807) is 0 Å². The molecule has 1 aliphatic rings. The Morgan fingerprint density at radius 1 is 1.11 bits per heavy atom. The fourth-order valence-electron chi connectivity index (χ4n) is 3.03. The number of hydrogen-bond donors (Lipinski definition) is 3. The van der Waals surface area contributed by atoms with Gasteiger partial charge in [-0.15, -0.1) is 0 Å². The summed E-state index contributed by atoms with van der Waals surface area (Å²) in [5, 5.41) is 7.93. The Kier molecular flexibility index (Phi) is 6.57. The van der Waals surface area contributed by atoms with E-state index >= 15 is 0 Å². The second-order valence-electron chi connectivity index (χ2n) is 6.67. The lowest BCUT2D eigenvalue weighted by atomic mass is 10.1. The Hall–Kier alpha value is -2.97. The molecule has 0 unspecified atom stereocenters. The van der Waals surface area contributed by atoms with E-state index in [0.717, 1.165) is 55.6 Å². The van der Waals surface area contributed by atoms with Crippen molar-refractivity contribution >= 4 is 23.5 Å². The van der Waals surface area contributed by atoms with Crippen LogP contribution >= 0.6 is 0 Å². The molecule has 3 rings (SSSR count). The van der Waals surface area contributed by atoms with Crippen LogP contribution in [0.5, 0.6) is 0 Å². The van der Waals surface area contributed by atoms with Gasteiger partial charge in [0.05, 0.1) is 5.69 Å². The summed E-state index contributed by atoms with van der Waals surface area (Å²) >= 11 is 0. The summed E-state index contributed by atoms with van der Waals surface area (Å²) in [6.07, 6.45) is 3.58. The molecule has 7 nitrogen and oxygen atoms in total. The minimum atomic E-state index is -0.701. The average molecular weight is 390 g/mol. The first-order chi connectivity index (χ1) is 13.5. The molecule has 0 saturated carbocycles. The molecule has 1 saturated heterocycles. The van der Waals surface area contributed by atoms with Crippen LogP contribution in [0.2, 0.25) is 0 Å². The third kappa shape index (κ3) is 5.51. The van der Waals surface area contributed by atoms with E-state index in [9.17, 15) is 13.6 Å². The van der Waals surface area contributed by atoms with Gasteiger partial charge in [0.2, 0.25) is 5.95 Å². The van der Waals surface area contributed by atoms with Crippen LogP contribution in [0.25, 0.3) is 0 Å². The van der Waals surface area contributed by atoms with Gasteiger partial charge in [-0.2, -0.15) is 4.98 Å². The Morgan fingerprint density at radius 2 is 1.89 bits per heavy atom. The Balaban J connectivity index is 1.47. The number of anilines is 3. The highest BCUT2D eigenvalue weighted by Crippen LogP contribution is 2.19. The number of nitrogens with one attached hydrogen (secondary N) is 3. The molecule has 2 heterocycles. The minimum absolute atomic E-state index is 0.210. The van der Waals surface area contributed by atoms with Crippen molar-refractivity contribution in [2.45, 2.75) is 26.2 Å². The molecule has 2 aromatic rings. The molecule has 1 fully saturated rings. The summed E-state index contributed by atoms with van der Waals surface area (Å²) in [4.78, 5) is 23.0. The van der Waals surface area contributed by atoms with E-state index in [1.165, 1.54) is 6.42 Å². The summed E-state index contributed by atoms with van der Waals surface area (Å²) in [6, 6.07) is 4.22. The van der Waals surface area contributed by atoms with E-state index in [4.69, 9.17) is 0 Å². The summed E-state index contributed by atoms with van der Waals surface area (Å²) < 4.78 is 26.7. The van der Waals surface area contributed by atoms with Crippen molar-refractivity contribution in [1.29, 1.82) is 0 Å². The highest BCUT2D eigenvalue weighted by molar-refractivity contribution is 5.89. The Labute approximate surface area is 162 Å². The molecular formula is C19H24F2N6O. The summed E-state index contributed by atoms with van der Waals surface area (Å²) in [5.41, 5.74) is 0.656. The van der Waals surface area contributed by atoms with Gasteiger partial charge in [-0.3, -0.25) is 0 Å². The second kappa shape index (κ2) is 9.29. The average Bonchev–Trinajstić information content (AvgIpc) is 2.68. The largest absolute Gasteiger partial charge is 0.356 e. The highest BCUT2D eigenvalue weighted by Gasteiger charge is 2.14. The van der Waals surface area contributed by atoms with Crippen LogP contribution in [0.4, 0.5) is 31.0 Å². The van der Waals surface area contributed by atoms with Crippen LogP contribution in [0, 0.1) is 18.6 Å². The summed E-state index contributed by atoms with van der Waals surface area (Å²) in [5.74, 6) is 0.0773. The SMILES string of the molecule is Cc1cc(N2CCCCC2)nc(NCCNC(=O)Nc2cc(F)ccc2F)n1. The monoisotopic (exact) mass is 390 g/mol. The molecule has 1 aliphatic heterocycles. The van der Waals surface area contributed by atoms with Gasteiger partial charge in [-0.25, -0.2) is 18.6 Å². The maximum atomic E-state index is 13.5. The molecule has 1 aromatic heterocycles. The Morgan fingerprint density at radius 3 is 2.68 bits per heavy atom. The number of amides is 2. The lowest BCUT2D eigenvalue weighted by Gasteiger charge is -2.28. The van der Waals surface area contributed by atoms with Crippen LogP contribution in [0.1, 0.15) is 25.0 Å². The van der Waals surface area contributed by atoms with Gasteiger partial charge in [0, 0.05) is 44.0 Å². The lowest BCUT2D eigenvalue weighted by molar-refractivity contribution is 0.252. The first-order valence-corrected chi connectivity index (χ1v) is 9.36. The van der Waals surface area contributed by atoms with Crippen molar-refractivity contribution in [2.75, 3.05) is 41.7 Å². The van der Waals surface area contributed by atoms with Gasteiger partial charge in [-0.1, -0.05) is 0 Å². The summed E-state index contributed by atoms with van der Waals surface area (Å²) in [6.45, 7) is 4.56. The smallest absolute Gasteiger partial charge is 0.319 e. The molecule has 0 spiro atoms. The molecule has 3 N–H and O–H groups in total. The number of benzene rings is 1. The second-order valence-corrected chi connectivity index (χ2v) is 6.67. The van der Waals surface area contributed by atoms with E-state index in [0.29, 0.717) is 12.5 Å². The molecule has 0 atom stereocenters. The normalized spacial score (nSPS) is 13.9. The topological polar surface area (TPSA) is 82.2 Å². The first-order valence-electron chi connectivity index (χ1n) is 9.36. The van der Waals surface area contributed by atoms with E-state index < -0.39 is 17.7 Å². The molecule has 2 amide bonds. The van der Waals surface area contributed by atoms with E-state index in [2.05, 4.69) is 30.8 Å². The molecule has 9 heteroatoms. The van der Waals surface area contributed by atoms with Crippen molar-refractivity contribution in [3.63, 3.8) is 0 Å². The highest BCUT2D eigenvalue weighted by atomic mass is 19.1. The van der Waals surface area contributed by atoms with Crippen molar-refractivity contribution in [1.82, 2.24) is 15.3 Å². The number of carbonyl (C=O) groups excluding carboxylic acids is 1. The summed E-state index contributed by atoms with van der Waals surface area (Å²) in [7, 11) is 0. The molecule has 0 aliphatic carbocycles. The van der Waals surface area contributed by atoms with Crippen LogP contribution in [-0.2, 0) is 0 Å². The standard InChI is InChI=1S/C19H24F2N6O/c1-13-11-17(27-9-3-2-4-10-27)26-18(24-13)22-7-8-23-19(28)25-16-12-14(20)5-6-15(16)21/h5-6,11-12H,2-4,7-10H2,1H3,(H,22,24,26)(H2,23,25,28). The van der Waals surface area contributed by atoms with Crippen molar-refractivity contribution in [2.24, 2.45) is 0 Å². The van der Waals surface area contributed by atoms with Crippen LogP contribution in [0.3, 0.4) is 0 Å². The molecule has 0 bridgehead atoms. The number of urea groups is 1. The number of piperidine rings is 1. The first kappa shape index (κ1) is 19.8. The van der Waals surface area contributed by atoms with Gasteiger partial charge in [0.25, 0.3) is 0 Å². The molecule has 150 valence electrons. The number of carbonyl (C=O) groups is 1. The number of aryl methyl sites for hydroxylation is 1. The molecule has 0 radical (unpaired) electrons. The molecule has 28 heavy (non-hydrogen) atoms. The minimum Gasteiger partial charge on any atom is -0.356 e. The van der Waals surface area contributed by atoms with Crippen molar-refractivity contribution in [3.05, 3.63) is 41.6 Å². The number of halogens is 2. The number of nitrogens with zero attached hydrogens (tertiary/aromatic N) is 3. The van der Waals surface area contributed by atoms with Crippen LogP contribution < -0.4 is 20.9 Å². The number of rotatable bonds is 6. The van der Waals surface area contributed by atoms with Crippen LogP contribution in [0.15, 0.2) is 24.3 Å². The zero-order valence-electron chi connectivity index (χ0n) is 15.8. The van der Waals surface area contributed by atoms with Gasteiger partial charge in [-0.05, 0) is 38.3 Å². The predicted molar refractivity (Wildman–Crippen MR) is 105 cm³/mol. The maximum absolute atomic E-state index is 13.5. The fraction of sp³-hybridized carbons (Fsp3) is 0.421. The third-order valence-corrected chi connectivity index (χ3v) is 4.39. The third-order valence-electron chi connectivity index (χ3n) is 4.39. The van der Waals surface area contributed by atoms with E-state index in [1.807, 2.05) is 13.0 Å². The number of aromatic nitrogens is 2. The van der Waals surface area contributed by atoms with E-state index in [-0.39, 0.29) is 12.2 Å². The lowest BCUT2D eigenvalue weighted by Crippen LogP contribution is -2.33. The molecule has 1 aromatic carbocycles. The van der Waals surface area contributed by atoms with Crippen molar-refractivity contribution in [3.8, 4) is 0 Å². The zero-order valence-corrected chi connectivity index (χ0v) is 15.8.